The van der Waals surface area contributed by atoms with Crippen LogP contribution in [-0.4, -0.2) is 103 Å². The molecule has 0 aromatic carbocycles. The van der Waals surface area contributed by atoms with Crippen molar-refractivity contribution in [2.75, 3.05) is 75.5 Å². The van der Waals surface area contributed by atoms with Crippen molar-refractivity contribution < 1.29 is 26.6 Å². The number of hydrogen-bond acceptors (Lipinski definition) is 8. The van der Waals surface area contributed by atoms with E-state index in [1.165, 1.54) is 6.42 Å². The Labute approximate surface area is 161 Å². The third kappa shape index (κ3) is 7.26. The number of hydrogen-bond donors (Lipinski definition) is 0. The summed E-state index contributed by atoms with van der Waals surface area (Å²) < 4.78 is 33.0. The minimum absolute atomic E-state index is 0.844. The molecule has 1 heterocycles. The van der Waals surface area contributed by atoms with Crippen LogP contribution in [0.15, 0.2) is 0 Å². The number of nitrogens with zero attached hydrogens (tertiary/aromatic N) is 2. The van der Waals surface area contributed by atoms with Crippen molar-refractivity contribution in [3.63, 3.8) is 0 Å². The Morgan fingerprint density at radius 2 is 0.962 bits per heavy atom. The van der Waals surface area contributed by atoms with Crippen molar-refractivity contribution in [1.29, 1.82) is 0 Å². The maximum Gasteiger partial charge on any atom is 0.500 e. The molecule has 0 aliphatic carbocycles. The lowest BCUT2D eigenvalue weighted by atomic mass is 10.2. The molecule has 1 aliphatic rings. The van der Waals surface area contributed by atoms with Crippen LogP contribution in [-0.2, 0) is 26.6 Å². The molecule has 0 saturated carbocycles. The summed E-state index contributed by atoms with van der Waals surface area (Å²) in [7, 11) is 5.13. The van der Waals surface area contributed by atoms with Gasteiger partial charge in [0.2, 0.25) is 0 Å². The molecule has 1 fully saturated rings. The van der Waals surface area contributed by atoms with Crippen LogP contribution in [0.4, 0.5) is 0 Å². The molecular weight excluding hydrogens is 372 g/mol. The van der Waals surface area contributed by atoms with Gasteiger partial charge in [-0.2, -0.15) is 0 Å². The van der Waals surface area contributed by atoms with E-state index in [1.807, 2.05) is 0 Å². The molecule has 0 spiro atoms. The standard InChI is InChI=1S/C16H38N2O6Si2/c1-19-25(20-2,21-3)14-8-12-17-10-7-11-18(16-17)13-9-15-26(22-4,23-5)24-6/h7-16H2,1-6H3. The minimum Gasteiger partial charge on any atom is -0.377 e. The van der Waals surface area contributed by atoms with E-state index < -0.39 is 17.6 Å². The van der Waals surface area contributed by atoms with Crippen molar-refractivity contribution in [2.45, 2.75) is 31.4 Å². The summed E-state index contributed by atoms with van der Waals surface area (Å²) in [6.45, 7) is 5.36. The van der Waals surface area contributed by atoms with Gasteiger partial charge in [0.25, 0.3) is 0 Å². The second kappa shape index (κ2) is 12.5. The van der Waals surface area contributed by atoms with Crippen LogP contribution in [0.25, 0.3) is 0 Å². The predicted octanol–water partition coefficient (Wildman–Crippen LogP) is 1.49. The summed E-state index contributed by atoms with van der Waals surface area (Å²) in [6, 6.07) is 1.69. The molecule has 0 aromatic heterocycles. The highest BCUT2D eigenvalue weighted by Crippen LogP contribution is 2.18. The molecule has 1 rings (SSSR count). The van der Waals surface area contributed by atoms with Crippen LogP contribution >= 0.6 is 0 Å². The van der Waals surface area contributed by atoms with E-state index in [9.17, 15) is 0 Å². The zero-order chi connectivity index (χ0) is 19.5. The largest absolute Gasteiger partial charge is 0.500 e. The molecule has 1 saturated heterocycles. The van der Waals surface area contributed by atoms with Crippen molar-refractivity contribution >= 4 is 17.6 Å². The molecule has 0 N–H and O–H groups in total. The van der Waals surface area contributed by atoms with E-state index in [0.717, 1.165) is 57.8 Å². The van der Waals surface area contributed by atoms with Crippen molar-refractivity contribution in [1.82, 2.24) is 9.80 Å². The summed E-state index contributed by atoms with van der Waals surface area (Å²) in [5.74, 6) is 0. The van der Waals surface area contributed by atoms with Gasteiger partial charge < -0.3 is 26.6 Å². The third-order valence-electron chi connectivity index (χ3n) is 5.13. The molecule has 10 heteroatoms. The molecule has 0 unspecified atom stereocenters. The monoisotopic (exact) mass is 410 g/mol. The Morgan fingerprint density at radius 1 is 0.615 bits per heavy atom. The van der Waals surface area contributed by atoms with Gasteiger partial charge in [0.05, 0.1) is 6.67 Å². The summed E-state index contributed by atoms with van der Waals surface area (Å²) in [5.41, 5.74) is 0. The molecule has 0 aromatic rings. The first-order chi connectivity index (χ1) is 12.5. The van der Waals surface area contributed by atoms with Crippen molar-refractivity contribution in [3.8, 4) is 0 Å². The fourth-order valence-electron chi connectivity index (χ4n) is 3.46. The fourth-order valence-corrected chi connectivity index (χ4v) is 6.86. The first-order valence-electron chi connectivity index (χ1n) is 9.28. The fraction of sp³-hybridized carbons (Fsp3) is 1.00. The minimum atomic E-state index is -2.45. The van der Waals surface area contributed by atoms with Gasteiger partial charge in [0.15, 0.2) is 0 Å². The molecule has 26 heavy (non-hydrogen) atoms. The number of rotatable bonds is 14. The second-order valence-electron chi connectivity index (χ2n) is 6.53. The molecular formula is C16H38N2O6Si2. The third-order valence-corrected chi connectivity index (χ3v) is 10.8. The molecule has 0 bridgehead atoms. The van der Waals surface area contributed by atoms with Gasteiger partial charge in [-0.3, -0.25) is 9.80 Å². The summed E-state index contributed by atoms with van der Waals surface area (Å²) in [6.07, 6.45) is 3.23. The summed E-state index contributed by atoms with van der Waals surface area (Å²) >= 11 is 0. The maximum absolute atomic E-state index is 5.50. The molecule has 0 amide bonds. The van der Waals surface area contributed by atoms with Crippen molar-refractivity contribution in [2.24, 2.45) is 0 Å². The Hall–Kier alpha value is 0.114. The van der Waals surface area contributed by atoms with Crippen molar-refractivity contribution in [3.05, 3.63) is 0 Å². The lowest BCUT2D eigenvalue weighted by molar-refractivity contribution is 0.0791. The first kappa shape index (κ1) is 24.2. The Morgan fingerprint density at radius 3 is 1.27 bits per heavy atom. The van der Waals surface area contributed by atoms with Crippen LogP contribution in [0, 0.1) is 0 Å². The summed E-state index contributed by atoms with van der Waals surface area (Å²) in [5, 5.41) is 0. The zero-order valence-electron chi connectivity index (χ0n) is 17.4. The van der Waals surface area contributed by atoms with Gasteiger partial charge >= 0.3 is 17.6 Å². The predicted molar refractivity (Wildman–Crippen MR) is 105 cm³/mol. The van der Waals surface area contributed by atoms with Gasteiger partial charge in [-0.05, 0) is 32.4 Å². The molecule has 0 atom stereocenters. The lowest BCUT2D eigenvalue weighted by Gasteiger charge is -2.36. The van der Waals surface area contributed by atoms with Gasteiger partial charge in [0, 0.05) is 67.8 Å². The van der Waals surface area contributed by atoms with E-state index in [2.05, 4.69) is 9.80 Å². The Kier molecular flexibility index (Phi) is 11.7. The Balaban J connectivity index is 2.33. The smallest absolute Gasteiger partial charge is 0.377 e. The zero-order valence-corrected chi connectivity index (χ0v) is 19.4. The van der Waals surface area contributed by atoms with Crippen LogP contribution < -0.4 is 0 Å². The van der Waals surface area contributed by atoms with E-state index in [0.29, 0.717) is 0 Å². The van der Waals surface area contributed by atoms with Crippen LogP contribution in [0.2, 0.25) is 12.1 Å². The van der Waals surface area contributed by atoms with Gasteiger partial charge in [-0.1, -0.05) is 0 Å². The molecule has 0 radical (unpaired) electrons. The highest BCUT2D eigenvalue weighted by atomic mass is 28.4. The first-order valence-corrected chi connectivity index (χ1v) is 13.1. The van der Waals surface area contributed by atoms with E-state index >= 15 is 0 Å². The molecule has 1 aliphatic heterocycles. The lowest BCUT2D eigenvalue weighted by Crippen LogP contribution is -2.47. The highest BCUT2D eigenvalue weighted by Gasteiger charge is 2.38. The van der Waals surface area contributed by atoms with E-state index in [4.69, 9.17) is 26.6 Å². The topological polar surface area (TPSA) is 61.9 Å². The van der Waals surface area contributed by atoms with E-state index in [1.54, 1.807) is 42.7 Å². The summed E-state index contributed by atoms with van der Waals surface area (Å²) in [4.78, 5) is 4.99. The van der Waals surface area contributed by atoms with E-state index in [-0.39, 0.29) is 0 Å². The van der Waals surface area contributed by atoms with Crippen LogP contribution in [0.5, 0.6) is 0 Å². The average Bonchev–Trinajstić information content (AvgIpc) is 2.70. The Bertz CT molecular complexity index is 324. The quantitative estimate of drug-likeness (QED) is 0.399. The molecule has 8 nitrogen and oxygen atoms in total. The van der Waals surface area contributed by atoms with Crippen LogP contribution in [0.1, 0.15) is 19.3 Å². The van der Waals surface area contributed by atoms with Gasteiger partial charge in [-0.15, -0.1) is 0 Å². The maximum atomic E-state index is 5.50. The van der Waals surface area contributed by atoms with Gasteiger partial charge in [0.1, 0.15) is 0 Å². The SMILES string of the molecule is CO[Si](CCCN1CCCN(CCC[Si](OC)(OC)OC)C1)(OC)OC. The highest BCUT2D eigenvalue weighted by molar-refractivity contribution is 6.60. The molecule has 156 valence electrons. The normalized spacial score (nSPS) is 17.8. The van der Waals surface area contributed by atoms with Gasteiger partial charge in [-0.25, -0.2) is 0 Å². The second-order valence-corrected chi connectivity index (χ2v) is 12.7. The van der Waals surface area contributed by atoms with Crippen LogP contribution in [0.3, 0.4) is 0 Å². The average molecular weight is 411 g/mol.